The van der Waals surface area contributed by atoms with Crippen molar-refractivity contribution < 1.29 is 4.79 Å². The van der Waals surface area contributed by atoms with Crippen LogP contribution in [0.4, 0.5) is 5.82 Å². The van der Waals surface area contributed by atoms with E-state index >= 15 is 0 Å². The fourth-order valence-electron chi connectivity index (χ4n) is 3.67. The number of aryl methyl sites for hydroxylation is 1. The summed E-state index contributed by atoms with van der Waals surface area (Å²) in [6.07, 6.45) is 3.45. The van der Waals surface area contributed by atoms with Gasteiger partial charge in [0.15, 0.2) is 0 Å². The lowest BCUT2D eigenvalue weighted by molar-refractivity contribution is -0.117. The van der Waals surface area contributed by atoms with E-state index in [1.807, 2.05) is 72.1 Å². The molecule has 0 radical (unpaired) electrons. The Kier molecular flexibility index (Phi) is 4.55. The second-order valence-corrected chi connectivity index (χ2v) is 7.30. The van der Waals surface area contributed by atoms with Gasteiger partial charge in [0.2, 0.25) is 5.91 Å². The molecule has 0 atom stereocenters. The molecule has 5 aromatic rings. The van der Waals surface area contributed by atoms with Crippen molar-refractivity contribution in [1.29, 1.82) is 0 Å². The first-order chi connectivity index (χ1) is 15.1. The molecule has 0 aliphatic heterocycles. The number of anilines is 1. The number of amides is 1. The number of rotatable bonds is 4. The lowest BCUT2D eigenvalue weighted by atomic mass is 10.1. The summed E-state index contributed by atoms with van der Waals surface area (Å²) in [6.45, 7) is 1.78. The SMILES string of the molecule is Cc1cccn2c(NC(=O)Cn3ncc4ccccc4c3=O)c(-c3ccccc3)nc12. The normalized spacial score (nSPS) is 11.1. The second-order valence-electron chi connectivity index (χ2n) is 7.30. The van der Waals surface area contributed by atoms with Crippen molar-refractivity contribution in [2.75, 3.05) is 5.32 Å². The Morgan fingerprint density at radius 3 is 2.61 bits per heavy atom. The number of imidazole rings is 1. The molecule has 152 valence electrons. The van der Waals surface area contributed by atoms with Gasteiger partial charge in [-0.2, -0.15) is 5.10 Å². The molecule has 3 heterocycles. The number of carbonyl (C=O) groups is 1. The van der Waals surface area contributed by atoms with Crippen LogP contribution in [-0.4, -0.2) is 25.1 Å². The van der Waals surface area contributed by atoms with Crippen molar-refractivity contribution in [3.63, 3.8) is 0 Å². The van der Waals surface area contributed by atoms with E-state index in [-0.39, 0.29) is 18.0 Å². The van der Waals surface area contributed by atoms with Crippen molar-refractivity contribution >= 4 is 28.1 Å². The highest BCUT2D eigenvalue weighted by atomic mass is 16.2. The molecule has 7 nitrogen and oxygen atoms in total. The third kappa shape index (κ3) is 3.36. The number of nitrogens with one attached hydrogen (secondary N) is 1. The number of aromatic nitrogens is 4. The van der Waals surface area contributed by atoms with E-state index in [4.69, 9.17) is 4.98 Å². The summed E-state index contributed by atoms with van der Waals surface area (Å²) in [4.78, 5) is 30.4. The minimum Gasteiger partial charge on any atom is -0.308 e. The quantitative estimate of drug-likeness (QED) is 0.491. The number of fused-ring (bicyclic) bond motifs is 2. The minimum atomic E-state index is -0.356. The average Bonchev–Trinajstić information content (AvgIpc) is 3.16. The molecule has 1 amide bonds. The topological polar surface area (TPSA) is 81.3 Å². The molecule has 0 aliphatic carbocycles. The minimum absolute atomic E-state index is 0.197. The van der Waals surface area contributed by atoms with Gasteiger partial charge >= 0.3 is 0 Å². The van der Waals surface area contributed by atoms with Crippen LogP contribution in [0.25, 0.3) is 27.7 Å². The molecule has 0 fully saturated rings. The van der Waals surface area contributed by atoms with Crippen molar-refractivity contribution in [2.24, 2.45) is 0 Å². The zero-order chi connectivity index (χ0) is 21.4. The molecule has 31 heavy (non-hydrogen) atoms. The van der Waals surface area contributed by atoms with Crippen LogP contribution >= 0.6 is 0 Å². The Labute approximate surface area is 177 Å². The van der Waals surface area contributed by atoms with Gasteiger partial charge in [0.1, 0.15) is 23.7 Å². The Balaban J connectivity index is 1.53. The highest BCUT2D eigenvalue weighted by molar-refractivity contribution is 5.94. The third-order valence-electron chi connectivity index (χ3n) is 5.21. The summed E-state index contributed by atoms with van der Waals surface area (Å²) in [5, 5.41) is 8.37. The van der Waals surface area contributed by atoms with Crippen molar-refractivity contribution in [2.45, 2.75) is 13.5 Å². The Morgan fingerprint density at radius 1 is 1.00 bits per heavy atom. The van der Waals surface area contributed by atoms with Crippen LogP contribution in [0.2, 0.25) is 0 Å². The molecular weight excluding hydrogens is 390 g/mol. The molecule has 0 saturated carbocycles. The zero-order valence-electron chi connectivity index (χ0n) is 16.8. The molecular formula is C24H19N5O2. The van der Waals surface area contributed by atoms with Gasteiger partial charge in [0.25, 0.3) is 5.56 Å². The molecule has 7 heteroatoms. The molecule has 0 bridgehead atoms. The highest BCUT2D eigenvalue weighted by Crippen LogP contribution is 2.29. The molecule has 3 aromatic heterocycles. The molecule has 2 aromatic carbocycles. The summed E-state index contributed by atoms with van der Waals surface area (Å²) < 4.78 is 3.03. The largest absolute Gasteiger partial charge is 0.308 e. The van der Waals surface area contributed by atoms with Crippen LogP contribution in [0, 0.1) is 6.92 Å². The van der Waals surface area contributed by atoms with E-state index in [0.29, 0.717) is 16.9 Å². The van der Waals surface area contributed by atoms with Crippen LogP contribution in [0.3, 0.4) is 0 Å². The first-order valence-electron chi connectivity index (χ1n) is 9.89. The number of carbonyl (C=O) groups excluding carboxylic acids is 1. The van der Waals surface area contributed by atoms with Crippen LogP contribution in [0.15, 0.2) is 83.9 Å². The molecule has 0 saturated heterocycles. The van der Waals surface area contributed by atoms with Crippen LogP contribution in [-0.2, 0) is 11.3 Å². The van der Waals surface area contributed by atoms with E-state index in [2.05, 4.69) is 10.4 Å². The van der Waals surface area contributed by atoms with Gasteiger partial charge in [0.05, 0.1) is 11.6 Å². The van der Waals surface area contributed by atoms with Crippen LogP contribution < -0.4 is 10.9 Å². The fourth-order valence-corrected chi connectivity index (χ4v) is 3.67. The van der Waals surface area contributed by atoms with Gasteiger partial charge in [-0.25, -0.2) is 9.67 Å². The van der Waals surface area contributed by atoms with Gasteiger partial charge in [-0.1, -0.05) is 54.6 Å². The Hall–Kier alpha value is -4.26. The second kappa shape index (κ2) is 7.53. The van der Waals surface area contributed by atoms with Gasteiger partial charge in [-0.3, -0.25) is 14.0 Å². The van der Waals surface area contributed by atoms with Gasteiger partial charge in [-0.15, -0.1) is 0 Å². The average molecular weight is 409 g/mol. The summed E-state index contributed by atoms with van der Waals surface area (Å²) in [5.74, 6) is 0.203. The molecule has 0 spiro atoms. The van der Waals surface area contributed by atoms with Gasteiger partial charge in [0, 0.05) is 17.1 Å². The first kappa shape index (κ1) is 18.7. The van der Waals surface area contributed by atoms with Gasteiger partial charge < -0.3 is 5.32 Å². The summed E-state index contributed by atoms with van der Waals surface area (Å²) in [6, 6.07) is 20.7. The van der Waals surface area contributed by atoms with Crippen LogP contribution in [0.5, 0.6) is 0 Å². The van der Waals surface area contributed by atoms with E-state index in [0.717, 1.165) is 22.2 Å². The van der Waals surface area contributed by atoms with Crippen molar-refractivity contribution in [3.8, 4) is 11.3 Å². The smallest absolute Gasteiger partial charge is 0.275 e. The maximum absolute atomic E-state index is 12.9. The maximum Gasteiger partial charge on any atom is 0.275 e. The number of hydrogen-bond donors (Lipinski definition) is 1. The lowest BCUT2D eigenvalue weighted by Crippen LogP contribution is -2.29. The van der Waals surface area contributed by atoms with E-state index in [1.54, 1.807) is 18.3 Å². The fraction of sp³-hybridized carbons (Fsp3) is 0.0833. The van der Waals surface area contributed by atoms with E-state index in [1.165, 1.54) is 4.68 Å². The number of benzene rings is 2. The van der Waals surface area contributed by atoms with Crippen molar-refractivity contribution in [1.82, 2.24) is 19.2 Å². The van der Waals surface area contributed by atoms with Crippen LogP contribution in [0.1, 0.15) is 5.56 Å². The van der Waals surface area contributed by atoms with E-state index in [9.17, 15) is 9.59 Å². The first-order valence-corrected chi connectivity index (χ1v) is 9.89. The molecule has 0 aliphatic rings. The Bertz CT molecular complexity index is 1480. The predicted octanol–water partition coefficient (Wildman–Crippen LogP) is 3.66. The summed E-state index contributed by atoms with van der Waals surface area (Å²) in [5.41, 5.74) is 3.01. The molecule has 5 rings (SSSR count). The van der Waals surface area contributed by atoms with E-state index < -0.39 is 0 Å². The standard InChI is InChI=1S/C24H19N5O2/c1-16-8-7-13-28-22(16)27-21(17-9-3-2-4-10-17)23(28)26-20(30)15-29-24(31)19-12-6-5-11-18(19)14-25-29/h2-14H,15H2,1H3,(H,26,30). The number of hydrogen-bond acceptors (Lipinski definition) is 4. The Morgan fingerprint density at radius 2 is 1.77 bits per heavy atom. The summed E-state index contributed by atoms with van der Waals surface area (Å²) in [7, 11) is 0. The van der Waals surface area contributed by atoms with Crippen molar-refractivity contribution in [3.05, 3.63) is 95.0 Å². The number of pyridine rings is 1. The molecule has 0 unspecified atom stereocenters. The van der Waals surface area contributed by atoms with Gasteiger partial charge in [-0.05, 0) is 24.6 Å². The predicted molar refractivity (Wildman–Crippen MR) is 120 cm³/mol. The molecule has 1 N–H and O–H groups in total. The summed E-state index contributed by atoms with van der Waals surface area (Å²) >= 11 is 0. The monoisotopic (exact) mass is 409 g/mol. The number of nitrogens with zero attached hydrogens (tertiary/aromatic N) is 4. The highest BCUT2D eigenvalue weighted by Gasteiger charge is 2.18. The zero-order valence-corrected chi connectivity index (χ0v) is 16.8. The maximum atomic E-state index is 12.9. The lowest BCUT2D eigenvalue weighted by Gasteiger charge is -2.09. The third-order valence-corrected chi connectivity index (χ3v) is 5.21.